The van der Waals surface area contributed by atoms with Crippen LogP contribution in [0.15, 0.2) is 18.3 Å². The lowest BCUT2D eigenvalue weighted by molar-refractivity contribution is -0.117. The van der Waals surface area contributed by atoms with Crippen molar-refractivity contribution in [1.82, 2.24) is 4.57 Å². The minimum atomic E-state index is 0.110. The highest BCUT2D eigenvalue weighted by atomic mass is 16.1. The second-order valence-corrected chi connectivity index (χ2v) is 4.47. The van der Waals surface area contributed by atoms with E-state index in [2.05, 4.69) is 26.8 Å². The van der Waals surface area contributed by atoms with E-state index < -0.39 is 0 Å². The largest absolute Gasteiger partial charge is 0.344 e. The van der Waals surface area contributed by atoms with Crippen molar-refractivity contribution in [2.75, 3.05) is 0 Å². The molecule has 0 fully saturated rings. The third-order valence-corrected chi connectivity index (χ3v) is 1.99. The van der Waals surface area contributed by atoms with Crippen molar-refractivity contribution in [3.63, 3.8) is 0 Å². The molecule has 0 N–H and O–H groups in total. The van der Waals surface area contributed by atoms with Crippen LogP contribution in [0.1, 0.15) is 33.4 Å². The summed E-state index contributed by atoms with van der Waals surface area (Å²) in [5.74, 6) is 0.196. The van der Waals surface area contributed by atoms with Gasteiger partial charge in [-0.3, -0.25) is 4.79 Å². The molecule has 13 heavy (non-hydrogen) atoms. The van der Waals surface area contributed by atoms with Crippen LogP contribution in [0.4, 0.5) is 0 Å². The summed E-state index contributed by atoms with van der Waals surface area (Å²) >= 11 is 0. The van der Waals surface area contributed by atoms with Crippen molar-refractivity contribution in [3.8, 4) is 0 Å². The van der Waals surface area contributed by atoms with E-state index in [-0.39, 0.29) is 11.2 Å². The number of carbonyl (C=O) groups excluding carboxylic acids is 1. The van der Waals surface area contributed by atoms with Gasteiger partial charge in [-0.25, -0.2) is 0 Å². The molecule has 0 aliphatic rings. The molecule has 0 aromatic carbocycles. The smallest absolute Gasteiger partial charge is 0.149 e. The average molecular weight is 179 g/mol. The van der Waals surface area contributed by atoms with E-state index in [1.807, 2.05) is 16.8 Å². The molecule has 2 nitrogen and oxygen atoms in total. The lowest BCUT2D eigenvalue weighted by Crippen LogP contribution is -2.19. The summed E-state index contributed by atoms with van der Waals surface area (Å²) in [4.78, 5) is 11.0. The Morgan fingerprint density at radius 2 is 2.08 bits per heavy atom. The van der Waals surface area contributed by atoms with Gasteiger partial charge in [0.2, 0.25) is 0 Å². The highest BCUT2D eigenvalue weighted by Gasteiger charge is 2.17. The van der Waals surface area contributed by atoms with Gasteiger partial charge in [0.15, 0.2) is 0 Å². The van der Waals surface area contributed by atoms with Crippen molar-refractivity contribution in [1.29, 1.82) is 0 Å². The summed E-state index contributed by atoms with van der Waals surface area (Å²) in [5, 5.41) is 0. The molecule has 2 heteroatoms. The van der Waals surface area contributed by atoms with Crippen LogP contribution < -0.4 is 0 Å². The number of nitrogens with zero attached hydrogens (tertiary/aromatic N) is 1. The minimum Gasteiger partial charge on any atom is -0.344 e. The van der Waals surface area contributed by atoms with Crippen LogP contribution in [0.5, 0.6) is 0 Å². The molecule has 0 unspecified atom stereocenters. The van der Waals surface area contributed by atoms with Gasteiger partial charge in [0, 0.05) is 17.3 Å². The van der Waals surface area contributed by atoms with Crippen molar-refractivity contribution in [2.45, 2.75) is 39.7 Å². The highest BCUT2D eigenvalue weighted by Crippen LogP contribution is 2.22. The molecule has 0 saturated heterocycles. The van der Waals surface area contributed by atoms with Gasteiger partial charge in [0.25, 0.3) is 0 Å². The third-order valence-electron chi connectivity index (χ3n) is 1.99. The maximum Gasteiger partial charge on any atom is 0.149 e. The second-order valence-electron chi connectivity index (χ2n) is 4.47. The van der Waals surface area contributed by atoms with Crippen LogP contribution in [0.3, 0.4) is 0 Å². The summed E-state index contributed by atoms with van der Waals surface area (Å²) in [6.07, 6.45) is 1.96. The molecule has 1 rings (SSSR count). The van der Waals surface area contributed by atoms with E-state index in [4.69, 9.17) is 0 Å². The Balaban J connectivity index is 2.96. The molecule has 0 saturated carbocycles. The van der Waals surface area contributed by atoms with Crippen molar-refractivity contribution in [2.24, 2.45) is 0 Å². The predicted octanol–water partition coefficient (Wildman–Crippen LogP) is 2.37. The lowest BCUT2D eigenvalue weighted by Gasteiger charge is -2.20. The molecule has 0 aliphatic carbocycles. The zero-order valence-corrected chi connectivity index (χ0v) is 8.79. The molecular weight excluding hydrogens is 162 g/mol. The van der Waals surface area contributed by atoms with Crippen LogP contribution in [-0.2, 0) is 16.8 Å². The van der Waals surface area contributed by atoms with Gasteiger partial charge in [-0.15, -0.1) is 0 Å². The van der Waals surface area contributed by atoms with Crippen molar-refractivity contribution >= 4 is 5.78 Å². The average Bonchev–Trinajstić information content (AvgIpc) is 2.31. The maximum atomic E-state index is 11.0. The van der Waals surface area contributed by atoms with E-state index in [1.165, 1.54) is 5.69 Å². The SMILES string of the molecule is CC(=O)Cn1cccc1C(C)(C)C. The normalized spacial score (nSPS) is 11.7. The monoisotopic (exact) mass is 179 g/mol. The molecule has 1 aromatic rings. The van der Waals surface area contributed by atoms with Gasteiger partial charge in [0.05, 0.1) is 6.54 Å². The standard InChI is InChI=1S/C11H17NO/c1-9(13)8-12-7-5-6-10(12)11(2,3)4/h5-7H,8H2,1-4H3. The number of aromatic nitrogens is 1. The van der Waals surface area contributed by atoms with Crippen molar-refractivity contribution in [3.05, 3.63) is 24.0 Å². The Morgan fingerprint density at radius 3 is 2.54 bits per heavy atom. The van der Waals surface area contributed by atoms with E-state index in [0.717, 1.165) is 0 Å². The van der Waals surface area contributed by atoms with Gasteiger partial charge in [-0.05, 0) is 19.1 Å². The first-order chi connectivity index (χ1) is 5.91. The zero-order valence-electron chi connectivity index (χ0n) is 8.79. The first-order valence-corrected chi connectivity index (χ1v) is 4.56. The fourth-order valence-electron chi connectivity index (χ4n) is 1.47. The van der Waals surface area contributed by atoms with E-state index >= 15 is 0 Å². The first-order valence-electron chi connectivity index (χ1n) is 4.56. The summed E-state index contributed by atoms with van der Waals surface area (Å²) in [6.45, 7) is 8.56. The Labute approximate surface area is 79.6 Å². The molecule has 0 atom stereocenters. The molecule has 1 aromatic heterocycles. The summed E-state index contributed by atoms with van der Waals surface area (Å²) in [7, 11) is 0. The van der Waals surface area contributed by atoms with E-state index in [0.29, 0.717) is 6.54 Å². The molecular formula is C11H17NO. The van der Waals surface area contributed by atoms with Gasteiger partial charge in [-0.1, -0.05) is 20.8 Å². The van der Waals surface area contributed by atoms with Crippen molar-refractivity contribution < 1.29 is 4.79 Å². The molecule has 0 spiro atoms. The topological polar surface area (TPSA) is 22.0 Å². The van der Waals surface area contributed by atoms with Gasteiger partial charge >= 0.3 is 0 Å². The molecule has 0 aliphatic heterocycles. The van der Waals surface area contributed by atoms with Gasteiger partial charge in [-0.2, -0.15) is 0 Å². The first kappa shape index (κ1) is 10.0. The number of hydrogen-bond acceptors (Lipinski definition) is 1. The van der Waals surface area contributed by atoms with Gasteiger partial charge < -0.3 is 4.57 Å². The quantitative estimate of drug-likeness (QED) is 0.683. The molecule has 0 bridgehead atoms. The lowest BCUT2D eigenvalue weighted by atomic mass is 9.92. The van der Waals surface area contributed by atoms with Crippen LogP contribution >= 0.6 is 0 Å². The van der Waals surface area contributed by atoms with Crippen LogP contribution in [0.25, 0.3) is 0 Å². The number of rotatable bonds is 2. The third kappa shape index (κ3) is 2.44. The van der Waals surface area contributed by atoms with Crippen LogP contribution in [0, 0.1) is 0 Å². The number of carbonyl (C=O) groups is 1. The Morgan fingerprint density at radius 1 is 1.46 bits per heavy atom. The Bertz CT molecular complexity index is 304. The number of ketones is 1. The summed E-state index contributed by atoms with van der Waals surface area (Å²) < 4.78 is 2.02. The Kier molecular flexibility index (Phi) is 2.60. The van der Waals surface area contributed by atoms with E-state index in [9.17, 15) is 4.79 Å². The van der Waals surface area contributed by atoms with Crippen LogP contribution in [0.2, 0.25) is 0 Å². The Hall–Kier alpha value is -1.05. The zero-order chi connectivity index (χ0) is 10.1. The fourth-order valence-corrected chi connectivity index (χ4v) is 1.47. The number of hydrogen-bond donors (Lipinski definition) is 0. The maximum absolute atomic E-state index is 11.0. The summed E-state index contributed by atoms with van der Waals surface area (Å²) in [5.41, 5.74) is 1.32. The predicted molar refractivity (Wildman–Crippen MR) is 53.8 cm³/mol. The highest BCUT2D eigenvalue weighted by molar-refractivity contribution is 5.75. The molecule has 0 amide bonds. The fraction of sp³-hybridized carbons (Fsp3) is 0.545. The molecule has 0 radical (unpaired) electrons. The second kappa shape index (κ2) is 3.36. The van der Waals surface area contributed by atoms with Crippen LogP contribution in [-0.4, -0.2) is 10.4 Å². The van der Waals surface area contributed by atoms with E-state index in [1.54, 1.807) is 6.92 Å². The van der Waals surface area contributed by atoms with Gasteiger partial charge in [0.1, 0.15) is 5.78 Å². The molecule has 1 heterocycles. The summed E-state index contributed by atoms with van der Waals surface area (Å²) in [6, 6.07) is 4.06. The minimum absolute atomic E-state index is 0.110. The number of Topliss-reactive ketones (excluding diaryl/α,β-unsaturated/α-hetero) is 1. The molecule has 72 valence electrons.